The van der Waals surface area contributed by atoms with E-state index in [0.717, 1.165) is 12.3 Å². The molecule has 0 spiro atoms. The van der Waals surface area contributed by atoms with E-state index in [1.54, 1.807) is 0 Å². The number of halogens is 2. The SMILES string of the molecule is CCC(F)(F)c1cc(N)c(C(=O)O)cn1. The highest BCUT2D eigenvalue weighted by molar-refractivity contribution is 5.93. The predicted octanol–water partition coefficient (Wildman–Crippen LogP) is 1.86. The number of anilines is 1. The number of nitrogen functional groups attached to an aromatic ring is 1. The second-order valence-electron chi connectivity index (χ2n) is 3.02. The maximum atomic E-state index is 13.1. The normalized spacial score (nSPS) is 11.4. The van der Waals surface area contributed by atoms with Crippen molar-refractivity contribution in [2.24, 2.45) is 0 Å². The summed E-state index contributed by atoms with van der Waals surface area (Å²) in [6.45, 7) is 1.31. The number of pyridine rings is 1. The Labute approximate surface area is 84.7 Å². The predicted molar refractivity (Wildman–Crippen MR) is 49.8 cm³/mol. The molecule has 15 heavy (non-hydrogen) atoms. The van der Waals surface area contributed by atoms with Gasteiger partial charge >= 0.3 is 5.97 Å². The second kappa shape index (κ2) is 3.80. The zero-order valence-corrected chi connectivity index (χ0v) is 8.00. The van der Waals surface area contributed by atoms with Crippen LogP contribution in [-0.4, -0.2) is 16.1 Å². The number of carbonyl (C=O) groups is 1. The van der Waals surface area contributed by atoms with Crippen LogP contribution in [0.3, 0.4) is 0 Å². The van der Waals surface area contributed by atoms with Crippen LogP contribution in [0.25, 0.3) is 0 Å². The number of carboxylic acid groups (broad SMARTS) is 1. The first kappa shape index (κ1) is 11.4. The molecule has 1 rings (SSSR count). The maximum absolute atomic E-state index is 13.1. The number of carboxylic acids is 1. The Hall–Kier alpha value is -1.72. The summed E-state index contributed by atoms with van der Waals surface area (Å²) < 4.78 is 26.3. The van der Waals surface area contributed by atoms with Crippen LogP contribution < -0.4 is 5.73 Å². The van der Waals surface area contributed by atoms with E-state index in [-0.39, 0.29) is 11.3 Å². The molecule has 0 bridgehead atoms. The van der Waals surface area contributed by atoms with E-state index < -0.39 is 24.0 Å². The van der Waals surface area contributed by atoms with Crippen molar-refractivity contribution < 1.29 is 18.7 Å². The van der Waals surface area contributed by atoms with E-state index in [9.17, 15) is 13.6 Å². The monoisotopic (exact) mass is 216 g/mol. The van der Waals surface area contributed by atoms with Gasteiger partial charge in [0, 0.05) is 18.3 Å². The quantitative estimate of drug-likeness (QED) is 0.808. The summed E-state index contributed by atoms with van der Waals surface area (Å²) in [4.78, 5) is 13.9. The van der Waals surface area contributed by atoms with Crippen LogP contribution in [-0.2, 0) is 5.92 Å². The highest BCUT2D eigenvalue weighted by Crippen LogP contribution is 2.31. The van der Waals surface area contributed by atoms with E-state index >= 15 is 0 Å². The number of aromatic nitrogens is 1. The summed E-state index contributed by atoms with van der Waals surface area (Å²) in [5, 5.41) is 8.61. The fraction of sp³-hybridized carbons (Fsp3) is 0.333. The number of aromatic carboxylic acids is 1. The third kappa shape index (κ3) is 2.20. The van der Waals surface area contributed by atoms with Crippen molar-refractivity contribution in [3.8, 4) is 0 Å². The van der Waals surface area contributed by atoms with Gasteiger partial charge in [0.05, 0.1) is 0 Å². The Balaban J connectivity index is 3.18. The highest BCUT2D eigenvalue weighted by Gasteiger charge is 2.31. The summed E-state index contributed by atoms with van der Waals surface area (Å²) in [5.74, 6) is -4.36. The van der Waals surface area contributed by atoms with Crippen LogP contribution in [0, 0.1) is 0 Å². The molecule has 1 heterocycles. The number of hydrogen-bond acceptors (Lipinski definition) is 3. The lowest BCUT2D eigenvalue weighted by Crippen LogP contribution is -2.15. The van der Waals surface area contributed by atoms with Gasteiger partial charge in [-0.05, 0) is 6.07 Å². The number of nitrogens with zero attached hydrogens (tertiary/aromatic N) is 1. The molecule has 3 N–H and O–H groups in total. The van der Waals surface area contributed by atoms with Gasteiger partial charge in [-0.15, -0.1) is 0 Å². The molecule has 0 radical (unpaired) electrons. The van der Waals surface area contributed by atoms with Gasteiger partial charge in [-0.2, -0.15) is 8.78 Å². The van der Waals surface area contributed by atoms with Crippen LogP contribution in [0.4, 0.5) is 14.5 Å². The van der Waals surface area contributed by atoms with Gasteiger partial charge in [0.15, 0.2) is 0 Å². The Morgan fingerprint density at radius 1 is 1.67 bits per heavy atom. The molecule has 0 amide bonds. The highest BCUT2D eigenvalue weighted by atomic mass is 19.3. The van der Waals surface area contributed by atoms with Gasteiger partial charge in [-0.3, -0.25) is 4.98 Å². The molecule has 0 atom stereocenters. The third-order valence-electron chi connectivity index (χ3n) is 1.99. The summed E-state index contributed by atoms with van der Waals surface area (Å²) in [6.07, 6.45) is 0.433. The lowest BCUT2D eigenvalue weighted by Gasteiger charge is -2.13. The molecule has 0 fully saturated rings. The zero-order valence-electron chi connectivity index (χ0n) is 8.00. The fourth-order valence-corrected chi connectivity index (χ4v) is 1.03. The van der Waals surface area contributed by atoms with Crippen molar-refractivity contribution in [3.63, 3.8) is 0 Å². The van der Waals surface area contributed by atoms with Crippen LogP contribution in [0.15, 0.2) is 12.3 Å². The van der Waals surface area contributed by atoms with Crippen molar-refractivity contribution >= 4 is 11.7 Å². The van der Waals surface area contributed by atoms with E-state index in [4.69, 9.17) is 10.8 Å². The average molecular weight is 216 g/mol. The van der Waals surface area contributed by atoms with Gasteiger partial charge in [0.2, 0.25) is 0 Å². The zero-order chi connectivity index (χ0) is 11.6. The van der Waals surface area contributed by atoms with Gasteiger partial charge in [0.1, 0.15) is 11.3 Å². The van der Waals surface area contributed by atoms with E-state index in [0.29, 0.717) is 0 Å². The van der Waals surface area contributed by atoms with Crippen LogP contribution in [0.5, 0.6) is 0 Å². The standard InChI is InChI=1S/C9H10F2N2O2/c1-2-9(10,11)7-3-6(12)5(4-13-7)8(14)15/h3-4H,2H2,1H3,(H2,12,13)(H,14,15). The Kier molecular flexibility index (Phi) is 2.88. The van der Waals surface area contributed by atoms with E-state index in [1.807, 2.05) is 0 Å². The molecule has 0 aliphatic heterocycles. The molecule has 82 valence electrons. The number of nitrogens with two attached hydrogens (primary N) is 1. The number of alkyl halides is 2. The van der Waals surface area contributed by atoms with Crippen LogP contribution >= 0.6 is 0 Å². The molecule has 0 saturated heterocycles. The molecular formula is C9H10F2N2O2. The lowest BCUT2D eigenvalue weighted by molar-refractivity contribution is -0.0128. The van der Waals surface area contributed by atoms with Crippen molar-refractivity contribution in [2.75, 3.05) is 5.73 Å². The Morgan fingerprint density at radius 2 is 2.27 bits per heavy atom. The molecule has 4 nitrogen and oxygen atoms in total. The first-order valence-electron chi connectivity index (χ1n) is 4.25. The molecular weight excluding hydrogens is 206 g/mol. The van der Waals surface area contributed by atoms with Crippen molar-refractivity contribution in [2.45, 2.75) is 19.3 Å². The molecule has 0 saturated carbocycles. The molecule has 6 heteroatoms. The molecule has 0 aliphatic carbocycles. The molecule has 1 aromatic rings. The Morgan fingerprint density at radius 3 is 2.67 bits per heavy atom. The average Bonchev–Trinajstić information content (AvgIpc) is 2.17. The Bertz CT molecular complexity index is 394. The largest absolute Gasteiger partial charge is 0.478 e. The molecule has 0 aliphatic rings. The minimum Gasteiger partial charge on any atom is -0.478 e. The number of hydrogen-bond donors (Lipinski definition) is 2. The minimum atomic E-state index is -3.08. The number of rotatable bonds is 3. The van der Waals surface area contributed by atoms with E-state index in [2.05, 4.69) is 4.98 Å². The van der Waals surface area contributed by atoms with Crippen LogP contribution in [0.1, 0.15) is 29.4 Å². The first-order valence-corrected chi connectivity index (χ1v) is 4.25. The summed E-state index contributed by atoms with van der Waals surface area (Å²) >= 11 is 0. The fourth-order valence-electron chi connectivity index (χ4n) is 1.03. The second-order valence-corrected chi connectivity index (χ2v) is 3.02. The summed E-state index contributed by atoms with van der Waals surface area (Å²) in [5.41, 5.74) is 4.33. The van der Waals surface area contributed by atoms with Gasteiger partial charge in [-0.1, -0.05) is 6.92 Å². The van der Waals surface area contributed by atoms with Crippen LogP contribution in [0.2, 0.25) is 0 Å². The summed E-state index contributed by atoms with van der Waals surface area (Å²) in [6, 6.07) is 0.896. The van der Waals surface area contributed by atoms with Crippen molar-refractivity contribution in [1.82, 2.24) is 4.98 Å². The van der Waals surface area contributed by atoms with Gasteiger partial charge < -0.3 is 10.8 Å². The molecule has 0 unspecified atom stereocenters. The maximum Gasteiger partial charge on any atom is 0.339 e. The van der Waals surface area contributed by atoms with Crippen molar-refractivity contribution in [1.29, 1.82) is 0 Å². The first-order chi connectivity index (χ1) is 6.88. The third-order valence-corrected chi connectivity index (χ3v) is 1.99. The van der Waals surface area contributed by atoms with Gasteiger partial charge in [-0.25, -0.2) is 4.79 Å². The summed E-state index contributed by atoms with van der Waals surface area (Å²) in [7, 11) is 0. The van der Waals surface area contributed by atoms with E-state index in [1.165, 1.54) is 6.92 Å². The lowest BCUT2D eigenvalue weighted by atomic mass is 10.1. The molecule has 1 aromatic heterocycles. The minimum absolute atomic E-state index is 0.208. The topological polar surface area (TPSA) is 76.2 Å². The van der Waals surface area contributed by atoms with Crippen molar-refractivity contribution in [3.05, 3.63) is 23.5 Å². The smallest absolute Gasteiger partial charge is 0.339 e. The van der Waals surface area contributed by atoms with Gasteiger partial charge in [0.25, 0.3) is 5.92 Å². The molecule has 0 aromatic carbocycles.